The third-order valence-corrected chi connectivity index (χ3v) is 4.36. The number of nitrogens with one attached hydrogen (secondary N) is 2. The number of halogens is 3. The molecule has 0 aliphatic rings. The van der Waals surface area contributed by atoms with Gasteiger partial charge in [-0.2, -0.15) is 18.4 Å². The van der Waals surface area contributed by atoms with Gasteiger partial charge in [0.2, 0.25) is 5.91 Å². The number of carbonyl (C=O) groups is 2. The Balaban J connectivity index is 2.20. The molecule has 0 bridgehead atoms. The van der Waals surface area contributed by atoms with Crippen LogP contribution in [-0.4, -0.2) is 24.4 Å². The molecule has 2 rings (SSSR count). The molecular formula is C22H22F3N3O2. The van der Waals surface area contributed by atoms with Crippen LogP contribution >= 0.6 is 0 Å². The summed E-state index contributed by atoms with van der Waals surface area (Å²) in [6, 6.07) is 11.9. The van der Waals surface area contributed by atoms with Gasteiger partial charge in [0, 0.05) is 5.56 Å². The van der Waals surface area contributed by atoms with Crippen LogP contribution in [0, 0.1) is 17.2 Å². The number of nitriles is 1. The van der Waals surface area contributed by atoms with E-state index in [0.717, 1.165) is 6.07 Å². The minimum absolute atomic E-state index is 0.0190. The first-order valence-corrected chi connectivity index (χ1v) is 9.35. The minimum Gasteiger partial charge on any atom is -0.341 e. The van der Waals surface area contributed by atoms with Crippen molar-refractivity contribution in [3.05, 3.63) is 59.7 Å². The number of rotatable bonds is 7. The van der Waals surface area contributed by atoms with E-state index in [2.05, 4.69) is 10.6 Å². The van der Waals surface area contributed by atoms with Gasteiger partial charge in [-0.1, -0.05) is 44.2 Å². The van der Waals surface area contributed by atoms with Gasteiger partial charge >= 0.3 is 6.18 Å². The summed E-state index contributed by atoms with van der Waals surface area (Å²) < 4.78 is 39.7. The van der Waals surface area contributed by atoms with Crippen LogP contribution in [0.15, 0.2) is 48.5 Å². The Labute approximate surface area is 172 Å². The van der Waals surface area contributed by atoms with Crippen LogP contribution in [0.5, 0.6) is 0 Å². The molecule has 2 aromatic rings. The van der Waals surface area contributed by atoms with E-state index in [9.17, 15) is 22.8 Å². The summed E-state index contributed by atoms with van der Waals surface area (Å²) in [5.74, 6) is -0.873. The molecule has 2 N–H and O–H groups in total. The van der Waals surface area contributed by atoms with Crippen LogP contribution in [0.4, 0.5) is 13.2 Å². The molecule has 2 aromatic carbocycles. The Bertz CT molecular complexity index is 932. The van der Waals surface area contributed by atoms with Gasteiger partial charge in [-0.3, -0.25) is 9.59 Å². The molecule has 0 unspecified atom stereocenters. The lowest BCUT2D eigenvalue weighted by Gasteiger charge is -2.19. The maximum Gasteiger partial charge on any atom is 0.417 e. The van der Waals surface area contributed by atoms with Gasteiger partial charge in [0.15, 0.2) is 0 Å². The molecule has 0 saturated heterocycles. The zero-order valence-corrected chi connectivity index (χ0v) is 16.6. The Kier molecular flexibility index (Phi) is 7.59. The second-order valence-electron chi connectivity index (χ2n) is 7.15. The number of alkyl halides is 3. The zero-order valence-electron chi connectivity index (χ0n) is 16.6. The van der Waals surface area contributed by atoms with Crippen molar-refractivity contribution in [3.63, 3.8) is 0 Å². The molecule has 8 heteroatoms. The highest BCUT2D eigenvalue weighted by Gasteiger charge is 2.33. The number of hydrogen-bond donors (Lipinski definition) is 2. The first kappa shape index (κ1) is 22.9. The standard InChI is InChI=1S/C22H22F3N3O2/c1-14(2)13-19(21(30)27-12-11-26)28-20(29)16-9-7-15(8-10-16)17-5-3-4-6-18(17)22(23,24)25/h3-10,14,19H,12-13H2,1-2H3,(H,27,30)(H,28,29)/t19-/m0/s1. The fraction of sp³-hybridized carbons (Fsp3) is 0.318. The second kappa shape index (κ2) is 9.92. The van der Waals surface area contributed by atoms with E-state index in [-0.39, 0.29) is 23.6 Å². The molecule has 158 valence electrons. The highest BCUT2D eigenvalue weighted by Crippen LogP contribution is 2.36. The van der Waals surface area contributed by atoms with Crippen molar-refractivity contribution < 1.29 is 22.8 Å². The third kappa shape index (κ3) is 6.08. The number of carbonyl (C=O) groups excluding carboxylic acids is 2. The molecule has 0 aromatic heterocycles. The molecule has 0 heterocycles. The molecule has 0 aliphatic carbocycles. The number of benzene rings is 2. The molecule has 30 heavy (non-hydrogen) atoms. The molecule has 0 saturated carbocycles. The van der Waals surface area contributed by atoms with Gasteiger partial charge in [-0.25, -0.2) is 0 Å². The molecular weight excluding hydrogens is 395 g/mol. The van der Waals surface area contributed by atoms with Crippen molar-refractivity contribution in [1.82, 2.24) is 10.6 Å². The summed E-state index contributed by atoms with van der Waals surface area (Å²) in [5.41, 5.74) is -0.200. The zero-order chi connectivity index (χ0) is 22.3. The Morgan fingerprint density at radius 2 is 1.70 bits per heavy atom. The highest BCUT2D eigenvalue weighted by molar-refractivity contribution is 5.98. The van der Waals surface area contributed by atoms with Crippen LogP contribution in [0.1, 0.15) is 36.2 Å². The average molecular weight is 417 g/mol. The van der Waals surface area contributed by atoms with Crippen LogP contribution < -0.4 is 10.6 Å². The second-order valence-corrected chi connectivity index (χ2v) is 7.15. The van der Waals surface area contributed by atoms with Gasteiger partial charge < -0.3 is 10.6 Å². The predicted octanol–water partition coefficient (Wildman–Crippen LogP) is 4.16. The van der Waals surface area contributed by atoms with E-state index in [1.54, 1.807) is 6.07 Å². The van der Waals surface area contributed by atoms with E-state index in [4.69, 9.17) is 5.26 Å². The van der Waals surface area contributed by atoms with E-state index < -0.39 is 29.6 Å². The number of hydrogen-bond acceptors (Lipinski definition) is 3. The fourth-order valence-electron chi connectivity index (χ4n) is 2.98. The maximum atomic E-state index is 13.2. The van der Waals surface area contributed by atoms with Crippen molar-refractivity contribution >= 4 is 11.8 Å². The molecule has 0 fully saturated rings. The molecule has 2 amide bonds. The minimum atomic E-state index is -4.49. The third-order valence-electron chi connectivity index (χ3n) is 4.36. The van der Waals surface area contributed by atoms with Gasteiger partial charge in [0.1, 0.15) is 12.6 Å². The van der Waals surface area contributed by atoms with Gasteiger partial charge in [-0.05, 0) is 41.7 Å². The molecule has 0 spiro atoms. The largest absolute Gasteiger partial charge is 0.417 e. The summed E-state index contributed by atoms with van der Waals surface area (Å²) in [6.45, 7) is 3.61. The molecule has 1 atom stereocenters. The maximum absolute atomic E-state index is 13.2. The van der Waals surface area contributed by atoms with E-state index in [1.807, 2.05) is 13.8 Å². The lowest BCUT2D eigenvalue weighted by molar-refractivity contribution is -0.137. The Morgan fingerprint density at radius 1 is 1.07 bits per heavy atom. The number of amides is 2. The van der Waals surface area contributed by atoms with Gasteiger partial charge in [0.05, 0.1) is 11.6 Å². The summed E-state index contributed by atoms with van der Waals surface area (Å²) >= 11 is 0. The topological polar surface area (TPSA) is 82.0 Å². The summed E-state index contributed by atoms with van der Waals surface area (Å²) in [5, 5.41) is 13.7. The lowest BCUT2D eigenvalue weighted by atomic mass is 9.98. The smallest absolute Gasteiger partial charge is 0.341 e. The normalized spacial score (nSPS) is 12.2. The predicted molar refractivity (Wildman–Crippen MR) is 106 cm³/mol. The first-order valence-electron chi connectivity index (χ1n) is 9.35. The molecule has 5 nitrogen and oxygen atoms in total. The first-order chi connectivity index (χ1) is 14.1. The lowest BCUT2D eigenvalue weighted by Crippen LogP contribution is -2.47. The van der Waals surface area contributed by atoms with Crippen LogP contribution in [-0.2, 0) is 11.0 Å². The van der Waals surface area contributed by atoms with Crippen LogP contribution in [0.2, 0.25) is 0 Å². The Hall–Kier alpha value is -3.34. The van der Waals surface area contributed by atoms with Crippen molar-refractivity contribution in [1.29, 1.82) is 5.26 Å². The number of nitrogens with zero attached hydrogens (tertiary/aromatic N) is 1. The summed E-state index contributed by atoms with van der Waals surface area (Å²) in [6.07, 6.45) is -4.12. The highest BCUT2D eigenvalue weighted by atomic mass is 19.4. The average Bonchev–Trinajstić information content (AvgIpc) is 2.70. The van der Waals surface area contributed by atoms with Crippen LogP contribution in [0.3, 0.4) is 0 Å². The van der Waals surface area contributed by atoms with Gasteiger partial charge in [-0.15, -0.1) is 0 Å². The molecule has 0 aliphatic heterocycles. The van der Waals surface area contributed by atoms with Crippen molar-refractivity contribution in [2.75, 3.05) is 6.54 Å². The van der Waals surface area contributed by atoms with E-state index in [0.29, 0.717) is 12.0 Å². The van der Waals surface area contributed by atoms with Crippen molar-refractivity contribution in [3.8, 4) is 17.2 Å². The van der Waals surface area contributed by atoms with Gasteiger partial charge in [0.25, 0.3) is 5.91 Å². The molecule has 0 radical (unpaired) electrons. The SMILES string of the molecule is CC(C)C[C@H](NC(=O)c1ccc(-c2ccccc2C(F)(F)F)cc1)C(=O)NCC#N. The summed E-state index contributed by atoms with van der Waals surface area (Å²) in [4.78, 5) is 24.7. The fourth-order valence-corrected chi connectivity index (χ4v) is 2.98. The van der Waals surface area contributed by atoms with E-state index >= 15 is 0 Å². The van der Waals surface area contributed by atoms with Crippen LogP contribution in [0.25, 0.3) is 11.1 Å². The summed E-state index contributed by atoms with van der Waals surface area (Å²) in [7, 11) is 0. The van der Waals surface area contributed by atoms with Crippen molar-refractivity contribution in [2.24, 2.45) is 5.92 Å². The monoisotopic (exact) mass is 417 g/mol. The van der Waals surface area contributed by atoms with Crippen molar-refractivity contribution in [2.45, 2.75) is 32.5 Å². The quantitative estimate of drug-likeness (QED) is 0.664. The van der Waals surface area contributed by atoms with E-state index in [1.165, 1.54) is 42.5 Å². The Morgan fingerprint density at radius 3 is 2.27 bits per heavy atom.